The molecule has 1 atom stereocenters. The highest BCUT2D eigenvalue weighted by Gasteiger charge is 2.31. The quantitative estimate of drug-likeness (QED) is 0.633. The van der Waals surface area contributed by atoms with Crippen molar-refractivity contribution in [3.63, 3.8) is 0 Å². The second-order valence-corrected chi connectivity index (χ2v) is 6.44. The Bertz CT molecular complexity index is 250. The molecule has 0 bridgehead atoms. The SMILES string of the molecule is O=C1OCCCC1C1CCCCCCCCCCC1. The Kier molecular flexibility index (Phi) is 6.73. The molecule has 2 fully saturated rings. The summed E-state index contributed by atoms with van der Waals surface area (Å²) in [5.41, 5.74) is 0. The van der Waals surface area contributed by atoms with Crippen molar-refractivity contribution < 1.29 is 9.53 Å². The van der Waals surface area contributed by atoms with Crippen molar-refractivity contribution in [1.82, 2.24) is 0 Å². The van der Waals surface area contributed by atoms with Crippen LogP contribution in [-0.4, -0.2) is 12.6 Å². The fourth-order valence-corrected chi connectivity index (χ4v) is 3.73. The molecular formula is C17H30O2. The van der Waals surface area contributed by atoms with Gasteiger partial charge in [0.25, 0.3) is 0 Å². The highest BCUT2D eigenvalue weighted by atomic mass is 16.5. The maximum atomic E-state index is 11.9. The van der Waals surface area contributed by atoms with Crippen molar-refractivity contribution in [2.24, 2.45) is 11.8 Å². The average Bonchev–Trinajstić information content (AvgIpc) is 2.40. The van der Waals surface area contributed by atoms with E-state index in [2.05, 4.69) is 0 Å². The van der Waals surface area contributed by atoms with Crippen molar-refractivity contribution in [2.45, 2.75) is 83.5 Å². The topological polar surface area (TPSA) is 26.3 Å². The summed E-state index contributed by atoms with van der Waals surface area (Å²) in [6.07, 6.45) is 17.0. The molecule has 1 saturated carbocycles. The fraction of sp³-hybridized carbons (Fsp3) is 0.941. The van der Waals surface area contributed by atoms with Gasteiger partial charge < -0.3 is 4.74 Å². The molecular weight excluding hydrogens is 236 g/mol. The number of ether oxygens (including phenoxy) is 1. The molecule has 0 amide bonds. The van der Waals surface area contributed by atoms with E-state index in [1.165, 1.54) is 70.6 Å². The minimum absolute atomic E-state index is 0.100. The van der Waals surface area contributed by atoms with E-state index in [0.29, 0.717) is 12.5 Å². The summed E-state index contributed by atoms with van der Waals surface area (Å²) in [6.45, 7) is 0.655. The van der Waals surface area contributed by atoms with Crippen LogP contribution in [0.5, 0.6) is 0 Å². The minimum atomic E-state index is 0.100. The lowest BCUT2D eigenvalue weighted by atomic mass is 9.80. The first-order chi connectivity index (χ1) is 9.38. The van der Waals surface area contributed by atoms with Gasteiger partial charge in [0.1, 0.15) is 0 Å². The van der Waals surface area contributed by atoms with E-state index in [0.717, 1.165) is 12.8 Å². The molecule has 1 aliphatic carbocycles. The van der Waals surface area contributed by atoms with Crippen LogP contribution >= 0.6 is 0 Å². The van der Waals surface area contributed by atoms with Gasteiger partial charge in [-0.15, -0.1) is 0 Å². The van der Waals surface area contributed by atoms with Gasteiger partial charge in [0.15, 0.2) is 0 Å². The highest BCUT2D eigenvalue weighted by Crippen LogP contribution is 2.32. The Labute approximate surface area is 118 Å². The minimum Gasteiger partial charge on any atom is -0.465 e. The van der Waals surface area contributed by atoms with Crippen LogP contribution in [0.1, 0.15) is 83.5 Å². The van der Waals surface area contributed by atoms with E-state index in [4.69, 9.17) is 4.74 Å². The van der Waals surface area contributed by atoms with Crippen molar-refractivity contribution >= 4 is 5.97 Å². The summed E-state index contributed by atoms with van der Waals surface area (Å²) in [5, 5.41) is 0. The Morgan fingerprint density at radius 1 is 0.684 bits per heavy atom. The lowest BCUT2D eigenvalue weighted by Crippen LogP contribution is -2.30. The molecule has 0 aromatic rings. The normalized spacial score (nSPS) is 29.1. The van der Waals surface area contributed by atoms with Crippen LogP contribution in [0.3, 0.4) is 0 Å². The second-order valence-electron chi connectivity index (χ2n) is 6.44. The van der Waals surface area contributed by atoms with E-state index in [-0.39, 0.29) is 11.9 Å². The summed E-state index contributed by atoms with van der Waals surface area (Å²) in [4.78, 5) is 11.9. The van der Waals surface area contributed by atoms with Gasteiger partial charge in [0.05, 0.1) is 12.5 Å². The van der Waals surface area contributed by atoms with Gasteiger partial charge in [0, 0.05) is 0 Å². The van der Waals surface area contributed by atoms with Crippen LogP contribution in [0.25, 0.3) is 0 Å². The molecule has 2 rings (SSSR count). The van der Waals surface area contributed by atoms with Gasteiger partial charge in [-0.3, -0.25) is 4.79 Å². The predicted octanol–water partition coefficient (Wildman–Crippen LogP) is 4.86. The van der Waals surface area contributed by atoms with Crippen LogP contribution in [0.15, 0.2) is 0 Å². The van der Waals surface area contributed by atoms with E-state index in [9.17, 15) is 4.79 Å². The molecule has 0 spiro atoms. The summed E-state index contributed by atoms with van der Waals surface area (Å²) < 4.78 is 5.28. The second kappa shape index (κ2) is 8.60. The Balaban J connectivity index is 1.84. The van der Waals surface area contributed by atoms with Crippen LogP contribution in [0, 0.1) is 11.8 Å². The van der Waals surface area contributed by atoms with Gasteiger partial charge >= 0.3 is 5.97 Å². The van der Waals surface area contributed by atoms with Gasteiger partial charge in [-0.2, -0.15) is 0 Å². The zero-order chi connectivity index (χ0) is 13.3. The highest BCUT2D eigenvalue weighted by molar-refractivity contribution is 5.73. The number of carbonyl (C=O) groups is 1. The maximum absolute atomic E-state index is 11.9. The fourth-order valence-electron chi connectivity index (χ4n) is 3.73. The first-order valence-electron chi connectivity index (χ1n) is 8.54. The predicted molar refractivity (Wildman–Crippen MR) is 78.0 cm³/mol. The number of carbonyl (C=O) groups excluding carboxylic acids is 1. The number of cyclic esters (lactones) is 1. The first kappa shape index (κ1) is 14.9. The van der Waals surface area contributed by atoms with Gasteiger partial charge in [-0.05, 0) is 31.6 Å². The smallest absolute Gasteiger partial charge is 0.309 e. The molecule has 1 aliphatic heterocycles. The standard InChI is InChI=1S/C17H30O2/c18-17-16(13-10-14-19-17)15-11-8-6-4-2-1-3-5-7-9-12-15/h15-16H,1-14H2. The van der Waals surface area contributed by atoms with Crippen molar-refractivity contribution in [1.29, 1.82) is 0 Å². The zero-order valence-electron chi connectivity index (χ0n) is 12.4. The largest absolute Gasteiger partial charge is 0.465 e. The van der Waals surface area contributed by atoms with E-state index in [1.807, 2.05) is 0 Å². The summed E-state index contributed by atoms with van der Waals surface area (Å²) in [5.74, 6) is 0.923. The van der Waals surface area contributed by atoms with Gasteiger partial charge in [-0.1, -0.05) is 57.8 Å². The third kappa shape index (κ3) is 5.16. The van der Waals surface area contributed by atoms with Crippen LogP contribution < -0.4 is 0 Å². The Morgan fingerprint density at radius 2 is 1.21 bits per heavy atom. The van der Waals surface area contributed by atoms with Crippen LogP contribution in [0.2, 0.25) is 0 Å². The molecule has 0 radical (unpaired) electrons. The molecule has 19 heavy (non-hydrogen) atoms. The van der Waals surface area contributed by atoms with Crippen molar-refractivity contribution in [3.05, 3.63) is 0 Å². The maximum Gasteiger partial charge on any atom is 0.309 e. The van der Waals surface area contributed by atoms with E-state index in [1.54, 1.807) is 0 Å². The first-order valence-corrected chi connectivity index (χ1v) is 8.54. The van der Waals surface area contributed by atoms with Crippen molar-refractivity contribution in [3.8, 4) is 0 Å². The molecule has 1 heterocycles. The molecule has 0 N–H and O–H groups in total. The summed E-state index contributed by atoms with van der Waals surface area (Å²) in [7, 11) is 0. The lowest BCUT2D eigenvalue weighted by Gasteiger charge is -2.29. The third-order valence-electron chi connectivity index (χ3n) is 4.93. The van der Waals surface area contributed by atoms with E-state index < -0.39 is 0 Å². The molecule has 110 valence electrons. The van der Waals surface area contributed by atoms with Crippen molar-refractivity contribution in [2.75, 3.05) is 6.61 Å². The average molecular weight is 266 g/mol. The van der Waals surface area contributed by atoms with Gasteiger partial charge in [-0.25, -0.2) is 0 Å². The number of hydrogen-bond donors (Lipinski definition) is 0. The Hall–Kier alpha value is -0.530. The zero-order valence-corrected chi connectivity index (χ0v) is 12.4. The monoisotopic (exact) mass is 266 g/mol. The molecule has 0 aromatic heterocycles. The van der Waals surface area contributed by atoms with Crippen LogP contribution in [-0.2, 0) is 9.53 Å². The third-order valence-corrected chi connectivity index (χ3v) is 4.93. The van der Waals surface area contributed by atoms with Gasteiger partial charge in [0.2, 0.25) is 0 Å². The van der Waals surface area contributed by atoms with Crippen LogP contribution in [0.4, 0.5) is 0 Å². The lowest BCUT2D eigenvalue weighted by molar-refractivity contribution is -0.155. The summed E-state index contributed by atoms with van der Waals surface area (Å²) >= 11 is 0. The Morgan fingerprint density at radius 3 is 1.74 bits per heavy atom. The molecule has 2 aliphatic rings. The number of esters is 1. The summed E-state index contributed by atoms with van der Waals surface area (Å²) in [6, 6.07) is 0. The number of hydrogen-bond acceptors (Lipinski definition) is 2. The molecule has 1 unspecified atom stereocenters. The molecule has 2 nitrogen and oxygen atoms in total. The van der Waals surface area contributed by atoms with E-state index >= 15 is 0 Å². The number of rotatable bonds is 1. The molecule has 1 saturated heterocycles. The molecule has 2 heteroatoms. The molecule has 0 aromatic carbocycles.